The van der Waals surface area contributed by atoms with Gasteiger partial charge in [0.15, 0.2) is 0 Å². The van der Waals surface area contributed by atoms with Gasteiger partial charge < -0.3 is 5.32 Å². The van der Waals surface area contributed by atoms with Gasteiger partial charge in [-0.3, -0.25) is 0 Å². The van der Waals surface area contributed by atoms with Gasteiger partial charge in [0, 0.05) is 12.0 Å². The maximum atomic E-state index is 3.69. The van der Waals surface area contributed by atoms with Gasteiger partial charge in [-0.25, -0.2) is 0 Å². The number of hydrogen-bond acceptors (Lipinski definition) is 1. The van der Waals surface area contributed by atoms with E-state index in [0.717, 1.165) is 19.0 Å². The van der Waals surface area contributed by atoms with Crippen molar-refractivity contribution in [2.24, 2.45) is 11.3 Å². The zero-order chi connectivity index (χ0) is 15.7. The molecular formula is C20H33N. The minimum absolute atomic E-state index is 0.365. The van der Waals surface area contributed by atoms with Gasteiger partial charge in [0.25, 0.3) is 0 Å². The van der Waals surface area contributed by atoms with Crippen molar-refractivity contribution in [3.05, 3.63) is 34.9 Å². The Labute approximate surface area is 131 Å². The Balaban J connectivity index is 2.21. The smallest absolute Gasteiger partial charge is 0.00836 e. The van der Waals surface area contributed by atoms with Gasteiger partial charge in [0.2, 0.25) is 0 Å². The van der Waals surface area contributed by atoms with Crippen LogP contribution in [-0.2, 0) is 5.41 Å². The molecule has 21 heavy (non-hydrogen) atoms. The Morgan fingerprint density at radius 3 is 2.14 bits per heavy atom. The predicted molar refractivity (Wildman–Crippen MR) is 92.9 cm³/mol. The van der Waals surface area contributed by atoms with Crippen molar-refractivity contribution in [2.45, 2.75) is 66.2 Å². The van der Waals surface area contributed by atoms with Gasteiger partial charge in [-0.2, -0.15) is 0 Å². The molecule has 1 aliphatic carbocycles. The molecule has 0 spiro atoms. The van der Waals surface area contributed by atoms with Crippen LogP contribution in [0.1, 0.15) is 63.6 Å². The molecule has 0 aliphatic heterocycles. The summed E-state index contributed by atoms with van der Waals surface area (Å²) in [5, 5.41) is 3.69. The Bertz CT molecular complexity index is 455. The van der Waals surface area contributed by atoms with E-state index in [1.807, 2.05) is 0 Å². The topological polar surface area (TPSA) is 12.0 Å². The normalized spacial score (nSPS) is 25.7. The van der Waals surface area contributed by atoms with Crippen molar-refractivity contribution in [3.63, 3.8) is 0 Å². The van der Waals surface area contributed by atoms with E-state index in [4.69, 9.17) is 0 Å². The average Bonchev–Trinajstić information content (AvgIpc) is 2.29. The number of rotatable bonds is 5. The Kier molecular flexibility index (Phi) is 4.82. The molecular weight excluding hydrogens is 254 g/mol. The lowest BCUT2D eigenvalue weighted by Gasteiger charge is -2.53. The predicted octanol–water partition coefficient (Wildman–Crippen LogP) is 5.00. The molecule has 0 radical (unpaired) electrons. The minimum Gasteiger partial charge on any atom is -0.316 e. The highest BCUT2D eigenvalue weighted by Gasteiger charge is 2.49. The van der Waals surface area contributed by atoms with Gasteiger partial charge in [-0.1, -0.05) is 57.0 Å². The molecule has 1 aromatic carbocycles. The maximum absolute atomic E-state index is 3.69. The summed E-state index contributed by atoms with van der Waals surface area (Å²) in [7, 11) is 0. The minimum atomic E-state index is 0.365. The largest absolute Gasteiger partial charge is 0.316 e. The van der Waals surface area contributed by atoms with E-state index in [-0.39, 0.29) is 0 Å². The summed E-state index contributed by atoms with van der Waals surface area (Å²) in [6.07, 6.45) is 3.87. The summed E-state index contributed by atoms with van der Waals surface area (Å²) >= 11 is 0. The highest BCUT2D eigenvalue weighted by Crippen LogP contribution is 2.54. The Morgan fingerprint density at radius 2 is 1.67 bits per heavy atom. The first-order valence-corrected chi connectivity index (χ1v) is 8.56. The van der Waals surface area contributed by atoms with Crippen LogP contribution in [0.5, 0.6) is 0 Å². The fraction of sp³-hybridized carbons (Fsp3) is 0.700. The van der Waals surface area contributed by atoms with Crippen LogP contribution in [-0.4, -0.2) is 13.1 Å². The molecule has 1 aliphatic rings. The van der Waals surface area contributed by atoms with Crippen molar-refractivity contribution >= 4 is 0 Å². The monoisotopic (exact) mass is 287 g/mol. The molecule has 0 amide bonds. The Morgan fingerprint density at radius 1 is 1.10 bits per heavy atom. The van der Waals surface area contributed by atoms with Crippen molar-refractivity contribution in [2.75, 3.05) is 13.1 Å². The zero-order valence-corrected chi connectivity index (χ0v) is 14.8. The first-order valence-electron chi connectivity index (χ1n) is 8.56. The van der Waals surface area contributed by atoms with Crippen molar-refractivity contribution in [1.82, 2.24) is 5.32 Å². The van der Waals surface area contributed by atoms with Gasteiger partial charge in [0.05, 0.1) is 0 Å². The standard InChI is InChI=1S/C20H33N/c1-7-8-21-14-20(12-18(13-20)19(4,5)6)17-10-15(2)9-16(3)11-17/h9-11,18,21H,7-8,12-14H2,1-6H3. The van der Waals surface area contributed by atoms with Crippen LogP contribution in [0.3, 0.4) is 0 Å². The van der Waals surface area contributed by atoms with Gasteiger partial charge >= 0.3 is 0 Å². The molecule has 0 bridgehead atoms. The van der Waals surface area contributed by atoms with Gasteiger partial charge in [0.1, 0.15) is 0 Å². The molecule has 0 atom stereocenters. The molecule has 1 N–H and O–H groups in total. The van der Waals surface area contributed by atoms with E-state index in [2.05, 4.69) is 65.1 Å². The lowest BCUT2D eigenvalue weighted by Crippen LogP contribution is -2.52. The van der Waals surface area contributed by atoms with Gasteiger partial charge in [-0.05, 0) is 56.6 Å². The van der Waals surface area contributed by atoms with Crippen molar-refractivity contribution < 1.29 is 0 Å². The highest BCUT2D eigenvalue weighted by atomic mass is 14.9. The van der Waals surface area contributed by atoms with Crippen molar-refractivity contribution in [1.29, 1.82) is 0 Å². The third kappa shape index (κ3) is 3.69. The second-order valence-corrected chi connectivity index (χ2v) is 8.30. The van der Waals surface area contributed by atoms with Crippen LogP contribution in [0.25, 0.3) is 0 Å². The molecule has 1 fully saturated rings. The molecule has 0 aromatic heterocycles. The number of aryl methyl sites for hydroxylation is 2. The van der Waals surface area contributed by atoms with Crippen LogP contribution < -0.4 is 5.32 Å². The van der Waals surface area contributed by atoms with Crippen LogP contribution in [0.15, 0.2) is 18.2 Å². The summed E-state index contributed by atoms with van der Waals surface area (Å²) in [4.78, 5) is 0. The molecule has 0 heterocycles. The van der Waals surface area contributed by atoms with E-state index in [0.29, 0.717) is 10.8 Å². The first-order chi connectivity index (χ1) is 9.77. The van der Waals surface area contributed by atoms with E-state index in [9.17, 15) is 0 Å². The second-order valence-electron chi connectivity index (χ2n) is 8.30. The van der Waals surface area contributed by atoms with E-state index in [1.165, 1.54) is 30.4 Å². The third-order valence-electron chi connectivity index (χ3n) is 5.22. The summed E-state index contributed by atoms with van der Waals surface area (Å²) in [6, 6.07) is 7.12. The molecule has 1 aromatic rings. The lowest BCUT2D eigenvalue weighted by atomic mass is 9.52. The molecule has 0 unspecified atom stereocenters. The molecule has 1 nitrogen and oxygen atoms in total. The number of benzene rings is 1. The summed E-state index contributed by atoms with van der Waals surface area (Å²) in [5.74, 6) is 0.849. The highest BCUT2D eigenvalue weighted by molar-refractivity contribution is 5.37. The lowest BCUT2D eigenvalue weighted by molar-refractivity contribution is 0.0449. The maximum Gasteiger partial charge on any atom is 0.00836 e. The summed E-state index contributed by atoms with van der Waals surface area (Å²) in [5.41, 5.74) is 5.17. The van der Waals surface area contributed by atoms with Crippen LogP contribution in [0.2, 0.25) is 0 Å². The summed E-state index contributed by atoms with van der Waals surface area (Å²) in [6.45, 7) is 16.1. The fourth-order valence-electron chi connectivity index (χ4n) is 3.76. The van der Waals surface area contributed by atoms with Crippen molar-refractivity contribution in [3.8, 4) is 0 Å². The average molecular weight is 287 g/mol. The molecule has 118 valence electrons. The zero-order valence-electron chi connectivity index (χ0n) is 14.8. The number of hydrogen-bond donors (Lipinski definition) is 1. The van der Waals surface area contributed by atoms with Crippen LogP contribution in [0.4, 0.5) is 0 Å². The quantitative estimate of drug-likeness (QED) is 0.752. The van der Waals surface area contributed by atoms with E-state index in [1.54, 1.807) is 5.56 Å². The van der Waals surface area contributed by atoms with Gasteiger partial charge in [-0.15, -0.1) is 0 Å². The molecule has 2 rings (SSSR count). The van der Waals surface area contributed by atoms with Crippen LogP contribution in [0, 0.1) is 25.2 Å². The SMILES string of the molecule is CCCNCC1(c2cc(C)cc(C)c2)CC(C(C)(C)C)C1. The van der Waals surface area contributed by atoms with Crippen LogP contribution >= 0.6 is 0 Å². The first kappa shape index (κ1) is 16.5. The Hall–Kier alpha value is -0.820. The van der Waals surface area contributed by atoms with E-state index >= 15 is 0 Å². The van der Waals surface area contributed by atoms with E-state index < -0.39 is 0 Å². The third-order valence-corrected chi connectivity index (χ3v) is 5.22. The molecule has 1 heteroatoms. The second kappa shape index (κ2) is 6.12. The molecule has 0 saturated heterocycles. The summed E-state index contributed by atoms with van der Waals surface area (Å²) < 4.78 is 0. The molecule has 1 saturated carbocycles. The fourth-order valence-corrected chi connectivity index (χ4v) is 3.76. The number of nitrogens with one attached hydrogen (secondary N) is 1.